The van der Waals surface area contributed by atoms with Gasteiger partial charge >= 0.3 is 6.03 Å². The van der Waals surface area contributed by atoms with Crippen molar-refractivity contribution in [1.82, 2.24) is 30.0 Å². The molecule has 0 spiro atoms. The van der Waals surface area contributed by atoms with Crippen LogP contribution in [0.1, 0.15) is 98.3 Å². The first-order valence-corrected chi connectivity index (χ1v) is 20.5. The quantitative estimate of drug-likeness (QED) is 0.245. The molecule has 55 heavy (non-hydrogen) atoms. The summed E-state index contributed by atoms with van der Waals surface area (Å²) in [5.41, 5.74) is 3.03. The van der Waals surface area contributed by atoms with E-state index in [1.165, 1.54) is 16.9 Å². The summed E-state index contributed by atoms with van der Waals surface area (Å²) < 4.78 is 5.78. The monoisotopic (exact) mass is 771 g/mol. The van der Waals surface area contributed by atoms with E-state index < -0.39 is 6.03 Å². The minimum Gasteiger partial charge on any atom is -0.496 e. The van der Waals surface area contributed by atoms with E-state index in [0.717, 1.165) is 99.9 Å². The molecule has 1 aliphatic carbocycles. The van der Waals surface area contributed by atoms with Gasteiger partial charge in [0.25, 0.3) is 5.91 Å². The zero-order chi connectivity index (χ0) is 38.6. The lowest BCUT2D eigenvalue weighted by molar-refractivity contribution is -0.138. The number of hydrogen-bond acceptors (Lipinski definition) is 8. The van der Waals surface area contributed by atoms with Crippen LogP contribution in [0.5, 0.6) is 5.75 Å². The van der Waals surface area contributed by atoms with E-state index in [0.29, 0.717) is 53.1 Å². The van der Waals surface area contributed by atoms with Crippen molar-refractivity contribution in [2.24, 2.45) is 11.8 Å². The molecule has 3 aromatic rings. The number of benzene rings is 2. The van der Waals surface area contributed by atoms with Crippen molar-refractivity contribution < 1.29 is 23.9 Å². The summed E-state index contributed by atoms with van der Waals surface area (Å²) in [6.45, 7) is 6.22. The molecule has 0 radical (unpaired) electrons. The minimum atomic E-state index is -0.525. The molecule has 3 aliphatic heterocycles. The van der Waals surface area contributed by atoms with Crippen LogP contribution in [0.3, 0.4) is 0 Å². The van der Waals surface area contributed by atoms with E-state index in [1.807, 2.05) is 24.1 Å². The number of urea groups is 1. The number of methoxy groups -OCH3 is 1. The van der Waals surface area contributed by atoms with Gasteiger partial charge in [0, 0.05) is 74.3 Å². The normalized spacial score (nSPS) is 21.7. The summed E-state index contributed by atoms with van der Waals surface area (Å²) in [4.78, 5) is 67.9. The summed E-state index contributed by atoms with van der Waals surface area (Å²) in [6.07, 6.45) is 12.2. The second-order valence-corrected chi connectivity index (χ2v) is 16.4. The van der Waals surface area contributed by atoms with Crippen molar-refractivity contribution in [3.05, 3.63) is 58.5 Å². The summed E-state index contributed by atoms with van der Waals surface area (Å²) >= 11 is 6.40. The molecule has 4 aliphatic rings. The number of ether oxygens (including phenoxy) is 1. The largest absolute Gasteiger partial charge is 0.496 e. The van der Waals surface area contributed by atoms with Crippen molar-refractivity contribution >= 4 is 51.9 Å². The number of imide groups is 1. The van der Waals surface area contributed by atoms with E-state index in [2.05, 4.69) is 38.2 Å². The van der Waals surface area contributed by atoms with Crippen molar-refractivity contribution in [2.45, 2.75) is 89.5 Å². The Labute approximate surface area is 328 Å². The Morgan fingerprint density at radius 2 is 1.67 bits per heavy atom. The van der Waals surface area contributed by atoms with Crippen LogP contribution in [-0.2, 0) is 9.59 Å². The zero-order valence-electron chi connectivity index (χ0n) is 32.4. The molecule has 4 fully saturated rings. The van der Waals surface area contributed by atoms with Crippen LogP contribution in [0.15, 0.2) is 36.5 Å². The molecule has 13 heteroatoms. The highest BCUT2D eigenvalue weighted by Gasteiger charge is 2.34. The van der Waals surface area contributed by atoms with Gasteiger partial charge in [0.05, 0.1) is 23.3 Å². The Morgan fingerprint density at radius 1 is 0.945 bits per heavy atom. The number of amides is 5. The number of aromatic nitrogens is 2. The number of likely N-dealkylation sites (tertiary alicyclic amines) is 2. The van der Waals surface area contributed by atoms with Gasteiger partial charge in [-0.1, -0.05) is 11.6 Å². The Hall–Kier alpha value is -4.29. The van der Waals surface area contributed by atoms with E-state index in [4.69, 9.17) is 16.3 Å². The van der Waals surface area contributed by atoms with Crippen LogP contribution >= 0.6 is 11.6 Å². The van der Waals surface area contributed by atoms with Crippen LogP contribution in [-0.4, -0.2) is 108 Å². The van der Waals surface area contributed by atoms with E-state index in [-0.39, 0.29) is 30.7 Å². The second kappa shape index (κ2) is 17.2. The van der Waals surface area contributed by atoms with Crippen molar-refractivity contribution in [3.8, 4) is 5.75 Å². The fourth-order valence-corrected chi connectivity index (χ4v) is 9.39. The number of aryl methyl sites for hydroxylation is 1. The number of carbonyl (C=O) groups is 4. The molecule has 4 heterocycles. The summed E-state index contributed by atoms with van der Waals surface area (Å²) in [6, 6.07) is 9.11. The molecule has 1 N–H and O–H groups in total. The van der Waals surface area contributed by atoms with Gasteiger partial charge in [-0.2, -0.15) is 0 Å². The molecule has 0 unspecified atom stereocenters. The molecule has 3 saturated heterocycles. The third-order valence-electron chi connectivity index (χ3n) is 12.5. The zero-order valence-corrected chi connectivity index (χ0v) is 33.2. The molecule has 5 amide bonds. The summed E-state index contributed by atoms with van der Waals surface area (Å²) in [5.74, 6) is 2.73. The molecule has 12 nitrogen and oxygen atoms in total. The fraction of sp³-hybridized carbons (Fsp3) is 0.571. The van der Waals surface area contributed by atoms with E-state index in [9.17, 15) is 19.2 Å². The van der Waals surface area contributed by atoms with Crippen LogP contribution in [0.4, 0.5) is 10.5 Å². The van der Waals surface area contributed by atoms with Crippen LogP contribution in [0, 0.1) is 18.8 Å². The summed E-state index contributed by atoms with van der Waals surface area (Å²) in [7, 11) is 3.92. The van der Waals surface area contributed by atoms with Gasteiger partial charge in [-0.25, -0.2) is 14.8 Å². The minimum absolute atomic E-state index is 0.0716. The number of piperidine rings is 2. The maximum Gasteiger partial charge on any atom is 0.328 e. The molecular formula is C42H54ClN7O5. The van der Waals surface area contributed by atoms with Gasteiger partial charge in [-0.15, -0.1) is 0 Å². The average Bonchev–Trinajstić information content (AvgIpc) is 3.20. The van der Waals surface area contributed by atoms with E-state index >= 15 is 0 Å². The molecule has 2 aromatic carbocycles. The highest BCUT2D eigenvalue weighted by molar-refractivity contribution is 6.34. The van der Waals surface area contributed by atoms with Gasteiger partial charge < -0.3 is 19.4 Å². The number of anilines is 1. The number of nitrogens with zero attached hydrogens (tertiary/aromatic N) is 6. The highest BCUT2D eigenvalue weighted by atomic mass is 35.5. The van der Waals surface area contributed by atoms with Gasteiger partial charge in [0.2, 0.25) is 11.8 Å². The van der Waals surface area contributed by atoms with Crippen LogP contribution in [0.25, 0.3) is 10.9 Å². The van der Waals surface area contributed by atoms with Gasteiger partial charge in [-0.05, 0) is 126 Å². The standard InChI is InChI=1S/C42H54ClN7O5/c1-27-44-26-32-23-34(38(55-3)25-36(32)45-27)29-6-8-30(9-7-29)40(52)48-18-12-28(13-19-48)5-4-17-47(2)33-14-20-49(21-15-33)41(53)31-10-11-35(43)37(24-31)50-22-16-39(51)46-42(50)54/h10-11,23-26,28-30,33H,4-9,12-22H2,1-3H3,(H,46,51,54). The molecule has 1 aromatic heterocycles. The van der Waals surface area contributed by atoms with Crippen molar-refractivity contribution in [2.75, 3.05) is 58.3 Å². The van der Waals surface area contributed by atoms with E-state index in [1.54, 1.807) is 25.3 Å². The highest BCUT2D eigenvalue weighted by Crippen LogP contribution is 2.42. The number of rotatable bonds is 10. The first kappa shape index (κ1) is 39.0. The predicted octanol–water partition coefficient (Wildman–Crippen LogP) is 6.58. The third-order valence-corrected chi connectivity index (χ3v) is 12.8. The molecule has 0 atom stereocenters. The lowest BCUT2D eigenvalue weighted by atomic mass is 9.77. The first-order chi connectivity index (χ1) is 26.6. The Bertz CT molecular complexity index is 1900. The molecular weight excluding hydrogens is 718 g/mol. The molecule has 7 rings (SSSR count). The number of halogens is 1. The molecule has 294 valence electrons. The lowest BCUT2D eigenvalue weighted by Crippen LogP contribution is -2.49. The second-order valence-electron chi connectivity index (χ2n) is 16.0. The van der Waals surface area contributed by atoms with Gasteiger partial charge in [0.1, 0.15) is 11.6 Å². The predicted molar refractivity (Wildman–Crippen MR) is 213 cm³/mol. The molecule has 1 saturated carbocycles. The van der Waals surface area contributed by atoms with Crippen LogP contribution < -0.4 is 15.0 Å². The Morgan fingerprint density at radius 3 is 2.38 bits per heavy atom. The maximum absolute atomic E-state index is 13.6. The smallest absolute Gasteiger partial charge is 0.328 e. The lowest BCUT2D eigenvalue weighted by Gasteiger charge is -2.38. The third kappa shape index (κ3) is 8.91. The average molecular weight is 772 g/mol. The number of carbonyl (C=O) groups excluding carboxylic acids is 4. The van der Waals surface area contributed by atoms with Gasteiger partial charge in [-0.3, -0.25) is 24.6 Å². The molecule has 0 bridgehead atoms. The first-order valence-electron chi connectivity index (χ1n) is 20.1. The fourth-order valence-electron chi connectivity index (χ4n) is 9.17. The summed E-state index contributed by atoms with van der Waals surface area (Å²) in [5, 5.41) is 3.71. The maximum atomic E-state index is 13.6. The van der Waals surface area contributed by atoms with Gasteiger partial charge in [0.15, 0.2) is 0 Å². The Kier molecular flexibility index (Phi) is 12.2. The van der Waals surface area contributed by atoms with Crippen LogP contribution in [0.2, 0.25) is 5.02 Å². The number of hydrogen-bond donors (Lipinski definition) is 1. The van der Waals surface area contributed by atoms with Crippen molar-refractivity contribution in [3.63, 3.8) is 0 Å². The van der Waals surface area contributed by atoms with Crippen molar-refractivity contribution in [1.29, 1.82) is 0 Å². The SMILES string of the molecule is COc1cc2nc(C)ncc2cc1C1CCC(C(=O)N2CCC(CCCN(C)C3CCN(C(=O)c4ccc(Cl)c(N5CCC(=O)NC5=O)c4)CC3)CC2)CC1. The number of nitrogens with one attached hydrogen (secondary N) is 1. The Balaban J connectivity index is 0.807. The number of fused-ring (bicyclic) bond motifs is 1. The topological polar surface area (TPSA) is 128 Å².